The van der Waals surface area contributed by atoms with Gasteiger partial charge in [0.1, 0.15) is 0 Å². The molecule has 5 heteroatoms. The van der Waals surface area contributed by atoms with E-state index in [0.717, 1.165) is 18.2 Å². The fraction of sp³-hybridized carbons (Fsp3) is 0. The molecule has 5 nitrogen and oxygen atoms in total. The topological polar surface area (TPSA) is 97.7 Å². The van der Waals surface area contributed by atoms with Gasteiger partial charge in [0, 0.05) is 0 Å². The highest BCUT2D eigenvalue weighted by Gasteiger charge is 2.07. The lowest BCUT2D eigenvalue weighted by Gasteiger charge is -2.07. The van der Waals surface area contributed by atoms with E-state index in [2.05, 4.69) is 0 Å². The van der Waals surface area contributed by atoms with Gasteiger partial charge >= 0.3 is 11.9 Å². The molecule has 0 saturated carbocycles. The van der Waals surface area contributed by atoms with Crippen LogP contribution in [0.2, 0.25) is 0 Å². The van der Waals surface area contributed by atoms with E-state index in [9.17, 15) is 14.7 Å². The Morgan fingerprint density at radius 1 is 1.00 bits per heavy atom. The summed E-state index contributed by atoms with van der Waals surface area (Å²) in [5.41, 5.74) is -0.630. The second-order valence-corrected chi connectivity index (χ2v) is 2.36. The highest BCUT2D eigenvalue weighted by Crippen LogP contribution is 2.13. The number of benzene rings is 1. The average molecular weight is 181 g/mol. The van der Waals surface area contributed by atoms with Crippen LogP contribution in [0.4, 0.5) is 0 Å². The molecule has 0 aliphatic heterocycles. The molecular weight excluding hydrogens is 176 g/mol. The van der Waals surface area contributed by atoms with E-state index in [0.29, 0.717) is 0 Å². The van der Waals surface area contributed by atoms with Gasteiger partial charge in [-0.3, -0.25) is 0 Å². The highest BCUT2D eigenvalue weighted by molar-refractivity contribution is 5.94. The molecule has 0 bridgehead atoms. The first-order chi connectivity index (χ1) is 6.00. The smallest absolute Gasteiger partial charge is 0.335 e. The van der Waals surface area contributed by atoms with Crippen LogP contribution in [0, 0.1) is 0 Å². The molecular formula is C8H5O5-. The van der Waals surface area contributed by atoms with E-state index < -0.39 is 17.7 Å². The van der Waals surface area contributed by atoms with Crippen LogP contribution in [0.25, 0.3) is 0 Å². The molecule has 1 aromatic rings. The third-order valence-electron chi connectivity index (χ3n) is 1.40. The van der Waals surface area contributed by atoms with E-state index in [4.69, 9.17) is 10.2 Å². The molecule has 2 N–H and O–H groups in total. The Kier molecular flexibility index (Phi) is 2.19. The zero-order valence-corrected chi connectivity index (χ0v) is 6.35. The van der Waals surface area contributed by atoms with Crippen molar-refractivity contribution in [3.63, 3.8) is 0 Å². The zero-order chi connectivity index (χ0) is 10.0. The van der Waals surface area contributed by atoms with Crippen LogP contribution in [0.3, 0.4) is 0 Å². The Hall–Kier alpha value is -2.04. The molecule has 0 aliphatic carbocycles. The molecule has 0 atom stereocenters. The number of carboxylic acid groups (broad SMARTS) is 2. The summed E-state index contributed by atoms with van der Waals surface area (Å²) in [5, 5.41) is 27.8. The van der Waals surface area contributed by atoms with Crippen molar-refractivity contribution in [2.75, 3.05) is 0 Å². The summed E-state index contributed by atoms with van der Waals surface area (Å²) >= 11 is 0. The fourth-order valence-electron chi connectivity index (χ4n) is 0.846. The normalized spacial score (nSPS) is 9.54. The van der Waals surface area contributed by atoms with Crippen molar-refractivity contribution < 1.29 is 24.9 Å². The number of aromatic carboxylic acids is 2. The molecule has 0 fully saturated rings. The van der Waals surface area contributed by atoms with Gasteiger partial charge in [-0.05, 0) is 6.07 Å². The predicted molar refractivity (Wildman–Crippen MR) is 39.8 cm³/mol. The first-order valence-corrected chi connectivity index (χ1v) is 3.29. The molecule has 13 heavy (non-hydrogen) atoms. The molecule has 0 heterocycles. The molecule has 0 aliphatic rings. The molecule has 1 aromatic carbocycles. The number of rotatable bonds is 2. The summed E-state index contributed by atoms with van der Waals surface area (Å²) < 4.78 is 0. The van der Waals surface area contributed by atoms with Crippen molar-refractivity contribution in [2.24, 2.45) is 0 Å². The number of carboxylic acids is 2. The van der Waals surface area contributed by atoms with Crippen LogP contribution in [-0.4, -0.2) is 22.2 Å². The van der Waals surface area contributed by atoms with Crippen molar-refractivity contribution in [3.05, 3.63) is 29.3 Å². The van der Waals surface area contributed by atoms with Crippen molar-refractivity contribution >= 4 is 11.9 Å². The third-order valence-corrected chi connectivity index (χ3v) is 1.40. The van der Waals surface area contributed by atoms with Crippen LogP contribution in [0.5, 0.6) is 5.75 Å². The molecule has 0 aromatic heterocycles. The molecule has 0 saturated heterocycles. The van der Waals surface area contributed by atoms with Crippen LogP contribution in [-0.2, 0) is 0 Å². The Bertz CT molecular complexity index is 337. The quantitative estimate of drug-likeness (QED) is 0.677. The van der Waals surface area contributed by atoms with Gasteiger partial charge in [-0.1, -0.05) is 12.1 Å². The first-order valence-electron chi connectivity index (χ1n) is 3.29. The van der Waals surface area contributed by atoms with Crippen LogP contribution in [0.1, 0.15) is 20.7 Å². The van der Waals surface area contributed by atoms with Gasteiger partial charge in [-0.15, -0.1) is 5.75 Å². The van der Waals surface area contributed by atoms with E-state index >= 15 is 0 Å². The second kappa shape index (κ2) is 3.14. The van der Waals surface area contributed by atoms with Crippen molar-refractivity contribution in [3.8, 4) is 5.75 Å². The molecule has 0 unspecified atom stereocenters. The summed E-state index contributed by atoms with van der Waals surface area (Å²) in [6, 6.07) is 2.68. The van der Waals surface area contributed by atoms with Gasteiger partial charge in [-0.25, -0.2) is 9.59 Å². The number of carbonyl (C=O) groups is 2. The van der Waals surface area contributed by atoms with Gasteiger partial charge in [0.2, 0.25) is 0 Å². The zero-order valence-electron chi connectivity index (χ0n) is 6.35. The minimum Gasteiger partial charge on any atom is -0.872 e. The lowest BCUT2D eigenvalue weighted by Crippen LogP contribution is -2.04. The minimum atomic E-state index is -1.32. The standard InChI is InChI=1S/C8H6O5/c9-6-2-4(7(10)11)1-5(3-6)8(12)13/h1-3,9H,(H,10,11)(H,12,13)/p-1. The van der Waals surface area contributed by atoms with Crippen LogP contribution in [0.15, 0.2) is 18.2 Å². The van der Waals surface area contributed by atoms with E-state index in [-0.39, 0.29) is 11.1 Å². The van der Waals surface area contributed by atoms with E-state index in [1.165, 1.54) is 0 Å². The van der Waals surface area contributed by atoms with Gasteiger partial charge in [0.05, 0.1) is 11.1 Å². The van der Waals surface area contributed by atoms with Gasteiger partial charge in [-0.2, -0.15) is 0 Å². The van der Waals surface area contributed by atoms with Gasteiger partial charge < -0.3 is 15.3 Å². The predicted octanol–water partition coefficient (Wildman–Crippen LogP) is 0.157. The third kappa shape index (κ3) is 1.96. The largest absolute Gasteiger partial charge is 0.872 e. The molecule has 68 valence electrons. The van der Waals surface area contributed by atoms with Gasteiger partial charge in [0.15, 0.2) is 0 Å². The summed E-state index contributed by atoms with van der Waals surface area (Å²) in [7, 11) is 0. The lowest BCUT2D eigenvalue weighted by atomic mass is 10.1. The number of hydrogen-bond acceptors (Lipinski definition) is 3. The average Bonchev–Trinajstić information content (AvgIpc) is 2.03. The Balaban J connectivity index is 3.26. The minimum absolute atomic E-state index is 0.315. The first kappa shape index (κ1) is 9.05. The Morgan fingerprint density at radius 3 is 1.69 bits per heavy atom. The maximum atomic E-state index is 10.8. The summed E-state index contributed by atoms with van der Waals surface area (Å²) in [6.07, 6.45) is 0. The number of hydrogen-bond donors (Lipinski definition) is 2. The monoisotopic (exact) mass is 181 g/mol. The summed E-state index contributed by atoms with van der Waals surface area (Å²) in [6.45, 7) is 0. The maximum absolute atomic E-state index is 10.8. The Morgan fingerprint density at radius 2 is 1.38 bits per heavy atom. The van der Waals surface area contributed by atoms with Gasteiger partial charge in [0.25, 0.3) is 0 Å². The molecule has 0 radical (unpaired) electrons. The summed E-state index contributed by atoms with van der Waals surface area (Å²) in [5.74, 6) is -3.27. The SMILES string of the molecule is O=C(O)c1cc([O-])cc(C(=O)O)c1. The maximum Gasteiger partial charge on any atom is 0.335 e. The molecule has 0 spiro atoms. The second-order valence-electron chi connectivity index (χ2n) is 2.36. The van der Waals surface area contributed by atoms with Crippen LogP contribution < -0.4 is 5.11 Å². The van der Waals surface area contributed by atoms with Crippen molar-refractivity contribution in [1.29, 1.82) is 0 Å². The summed E-state index contributed by atoms with van der Waals surface area (Å²) in [4.78, 5) is 20.8. The molecule has 1 rings (SSSR count). The highest BCUT2D eigenvalue weighted by atomic mass is 16.4. The molecule has 0 amide bonds. The van der Waals surface area contributed by atoms with E-state index in [1.54, 1.807) is 0 Å². The van der Waals surface area contributed by atoms with E-state index in [1.807, 2.05) is 0 Å². The lowest BCUT2D eigenvalue weighted by molar-refractivity contribution is -0.268. The van der Waals surface area contributed by atoms with Crippen molar-refractivity contribution in [1.82, 2.24) is 0 Å². The van der Waals surface area contributed by atoms with Crippen molar-refractivity contribution in [2.45, 2.75) is 0 Å². The van der Waals surface area contributed by atoms with Crippen LogP contribution >= 0.6 is 0 Å². The fourth-order valence-corrected chi connectivity index (χ4v) is 0.846. The Labute approximate surface area is 72.9 Å².